The number of fused-ring (bicyclic) bond motifs is 1. The summed E-state index contributed by atoms with van der Waals surface area (Å²) in [5.74, 6) is 1.45. The van der Waals surface area contributed by atoms with E-state index in [1.165, 1.54) is 0 Å². The number of likely N-dealkylation sites (tertiary alicyclic amines) is 1. The minimum atomic E-state index is 0.0513. The van der Waals surface area contributed by atoms with Gasteiger partial charge in [0.1, 0.15) is 6.61 Å². The van der Waals surface area contributed by atoms with E-state index in [4.69, 9.17) is 15.2 Å². The second kappa shape index (κ2) is 5.77. The molecule has 0 atom stereocenters. The monoisotopic (exact) mass is 288 g/mol. The molecular weight excluding hydrogens is 268 g/mol. The van der Waals surface area contributed by atoms with Gasteiger partial charge >= 0.3 is 0 Å². The first kappa shape index (κ1) is 13.9. The topological polar surface area (TPSA) is 64.8 Å². The van der Waals surface area contributed by atoms with Crippen molar-refractivity contribution in [1.29, 1.82) is 0 Å². The molecular formula is C16H20N2O3. The van der Waals surface area contributed by atoms with E-state index in [2.05, 4.69) is 0 Å². The molecule has 0 spiro atoms. The van der Waals surface area contributed by atoms with E-state index in [-0.39, 0.29) is 18.6 Å². The van der Waals surface area contributed by atoms with Crippen LogP contribution in [0.4, 0.5) is 0 Å². The van der Waals surface area contributed by atoms with Gasteiger partial charge in [0.05, 0.1) is 12.7 Å². The number of benzene rings is 1. The van der Waals surface area contributed by atoms with Gasteiger partial charge in [0.15, 0.2) is 11.5 Å². The molecule has 1 saturated heterocycles. The minimum absolute atomic E-state index is 0.0513. The summed E-state index contributed by atoms with van der Waals surface area (Å²) in [4.78, 5) is 14.4. The first-order chi connectivity index (χ1) is 10.2. The van der Waals surface area contributed by atoms with Crippen LogP contribution >= 0.6 is 0 Å². The molecule has 1 amide bonds. The molecule has 2 aliphatic rings. The highest BCUT2D eigenvalue weighted by Crippen LogP contribution is 2.35. The summed E-state index contributed by atoms with van der Waals surface area (Å²) in [6, 6.07) is 5.89. The first-order valence-corrected chi connectivity index (χ1v) is 7.24. The quantitative estimate of drug-likeness (QED) is 0.894. The van der Waals surface area contributed by atoms with Crippen LogP contribution in [0.15, 0.2) is 23.8 Å². The van der Waals surface area contributed by atoms with Gasteiger partial charge in [0.2, 0.25) is 0 Å². The van der Waals surface area contributed by atoms with E-state index in [0.29, 0.717) is 17.1 Å². The maximum atomic E-state index is 12.5. The van der Waals surface area contributed by atoms with Gasteiger partial charge in [-0.15, -0.1) is 0 Å². The number of amides is 1. The van der Waals surface area contributed by atoms with Crippen LogP contribution in [0.5, 0.6) is 11.5 Å². The molecule has 0 aliphatic carbocycles. The molecule has 112 valence electrons. The van der Waals surface area contributed by atoms with Gasteiger partial charge in [-0.3, -0.25) is 4.79 Å². The molecule has 21 heavy (non-hydrogen) atoms. The fourth-order valence-corrected chi connectivity index (χ4v) is 2.77. The number of methoxy groups -OCH3 is 1. The first-order valence-electron chi connectivity index (χ1n) is 7.24. The normalized spacial score (nSPS) is 18.6. The van der Waals surface area contributed by atoms with Crippen molar-refractivity contribution in [3.8, 4) is 11.5 Å². The average molecular weight is 288 g/mol. The minimum Gasteiger partial charge on any atom is -0.493 e. The van der Waals surface area contributed by atoms with Crippen LogP contribution in [-0.2, 0) is 4.79 Å². The Hall–Kier alpha value is -2.01. The van der Waals surface area contributed by atoms with Crippen LogP contribution in [-0.4, -0.2) is 43.7 Å². The number of ether oxygens (including phenoxy) is 2. The van der Waals surface area contributed by atoms with E-state index < -0.39 is 0 Å². The highest BCUT2D eigenvalue weighted by atomic mass is 16.5. The molecule has 1 fully saturated rings. The van der Waals surface area contributed by atoms with Crippen molar-refractivity contribution >= 4 is 12.0 Å². The molecule has 2 heterocycles. The lowest BCUT2D eigenvalue weighted by molar-refractivity contribution is -0.128. The second-order valence-electron chi connectivity index (χ2n) is 5.47. The maximum Gasteiger partial charge on any atom is 0.253 e. The third-order valence-corrected chi connectivity index (χ3v) is 4.03. The predicted octanol–water partition coefficient (Wildman–Crippen LogP) is 1.42. The average Bonchev–Trinajstić information content (AvgIpc) is 2.53. The van der Waals surface area contributed by atoms with Crippen LogP contribution in [0.1, 0.15) is 18.4 Å². The van der Waals surface area contributed by atoms with Crippen molar-refractivity contribution in [1.82, 2.24) is 4.90 Å². The van der Waals surface area contributed by atoms with Gasteiger partial charge < -0.3 is 20.1 Å². The molecule has 5 nitrogen and oxygen atoms in total. The Kier molecular flexibility index (Phi) is 3.84. The van der Waals surface area contributed by atoms with Crippen molar-refractivity contribution in [2.45, 2.75) is 18.9 Å². The highest BCUT2D eigenvalue weighted by Gasteiger charge is 2.26. The van der Waals surface area contributed by atoms with Crippen molar-refractivity contribution in [3.63, 3.8) is 0 Å². The van der Waals surface area contributed by atoms with E-state index in [1.54, 1.807) is 7.11 Å². The number of carbonyl (C=O) groups is 1. The molecule has 2 aliphatic heterocycles. The fourth-order valence-electron chi connectivity index (χ4n) is 2.77. The SMILES string of the molecule is COc1cccc2c1OCC(C(=O)N1CCC(N)CC1)=C2. The Morgan fingerprint density at radius 3 is 2.86 bits per heavy atom. The molecule has 3 rings (SSSR count). The number of para-hydroxylation sites is 1. The number of nitrogens with zero attached hydrogens (tertiary/aromatic N) is 1. The van der Waals surface area contributed by atoms with Crippen molar-refractivity contribution in [3.05, 3.63) is 29.3 Å². The molecule has 0 radical (unpaired) electrons. The van der Waals surface area contributed by atoms with Gasteiger partial charge in [-0.1, -0.05) is 12.1 Å². The summed E-state index contributed by atoms with van der Waals surface area (Å²) in [5, 5.41) is 0. The molecule has 1 aromatic rings. The van der Waals surface area contributed by atoms with Crippen LogP contribution in [0.25, 0.3) is 6.08 Å². The molecule has 5 heteroatoms. The number of hydrogen-bond donors (Lipinski definition) is 1. The van der Waals surface area contributed by atoms with Gasteiger partial charge in [-0.05, 0) is 25.0 Å². The summed E-state index contributed by atoms with van der Waals surface area (Å²) in [7, 11) is 1.61. The summed E-state index contributed by atoms with van der Waals surface area (Å²) in [5.41, 5.74) is 7.45. The summed E-state index contributed by atoms with van der Waals surface area (Å²) in [6.45, 7) is 1.74. The zero-order valence-electron chi connectivity index (χ0n) is 12.2. The summed E-state index contributed by atoms with van der Waals surface area (Å²) in [6.07, 6.45) is 3.63. The van der Waals surface area contributed by atoms with Gasteiger partial charge in [-0.25, -0.2) is 0 Å². The van der Waals surface area contributed by atoms with E-state index in [1.807, 2.05) is 29.2 Å². The van der Waals surface area contributed by atoms with Crippen molar-refractivity contribution in [2.75, 3.05) is 26.8 Å². The zero-order valence-corrected chi connectivity index (χ0v) is 12.2. The molecule has 0 unspecified atom stereocenters. The van der Waals surface area contributed by atoms with Crippen LogP contribution in [0, 0.1) is 0 Å². The standard InChI is InChI=1S/C16H20N2O3/c1-20-14-4-2-3-11-9-12(10-21-15(11)14)16(19)18-7-5-13(17)6-8-18/h2-4,9,13H,5-8,10,17H2,1H3. The van der Waals surface area contributed by atoms with E-state index in [0.717, 1.165) is 31.5 Å². The molecule has 2 N–H and O–H groups in total. The van der Waals surface area contributed by atoms with Crippen molar-refractivity contribution < 1.29 is 14.3 Å². The predicted molar refractivity (Wildman–Crippen MR) is 80.3 cm³/mol. The maximum absolute atomic E-state index is 12.5. The molecule has 0 aromatic heterocycles. The number of carbonyl (C=O) groups excluding carboxylic acids is 1. The Bertz CT molecular complexity index is 575. The van der Waals surface area contributed by atoms with E-state index in [9.17, 15) is 4.79 Å². The van der Waals surface area contributed by atoms with Crippen LogP contribution in [0.3, 0.4) is 0 Å². The third-order valence-electron chi connectivity index (χ3n) is 4.03. The Morgan fingerprint density at radius 1 is 1.38 bits per heavy atom. The number of rotatable bonds is 2. The van der Waals surface area contributed by atoms with Gasteiger partial charge in [0, 0.05) is 24.7 Å². The lowest BCUT2D eigenvalue weighted by Crippen LogP contribution is -2.44. The van der Waals surface area contributed by atoms with Crippen LogP contribution in [0.2, 0.25) is 0 Å². The zero-order chi connectivity index (χ0) is 14.8. The fraction of sp³-hybridized carbons (Fsp3) is 0.438. The molecule has 1 aromatic carbocycles. The summed E-state index contributed by atoms with van der Waals surface area (Å²) >= 11 is 0. The lowest BCUT2D eigenvalue weighted by atomic mass is 10.0. The molecule has 0 bridgehead atoms. The lowest BCUT2D eigenvalue weighted by Gasteiger charge is -2.31. The van der Waals surface area contributed by atoms with Gasteiger partial charge in [0.25, 0.3) is 5.91 Å². The smallest absolute Gasteiger partial charge is 0.253 e. The summed E-state index contributed by atoms with van der Waals surface area (Å²) < 4.78 is 11.0. The second-order valence-corrected chi connectivity index (χ2v) is 5.47. The number of hydrogen-bond acceptors (Lipinski definition) is 4. The van der Waals surface area contributed by atoms with Crippen molar-refractivity contribution in [2.24, 2.45) is 5.73 Å². The highest BCUT2D eigenvalue weighted by molar-refractivity contribution is 5.99. The Labute approximate surface area is 124 Å². The Morgan fingerprint density at radius 2 is 2.14 bits per heavy atom. The Balaban J connectivity index is 1.80. The van der Waals surface area contributed by atoms with E-state index >= 15 is 0 Å². The number of nitrogens with two attached hydrogens (primary N) is 1. The largest absolute Gasteiger partial charge is 0.493 e. The number of piperidine rings is 1. The van der Waals surface area contributed by atoms with Crippen LogP contribution < -0.4 is 15.2 Å². The molecule has 0 saturated carbocycles. The van der Waals surface area contributed by atoms with Gasteiger partial charge in [-0.2, -0.15) is 0 Å². The third kappa shape index (κ3) is 2.74.